The molecule has 0 spiro atoms. The topological polar surface area (TPSA) is 70.7 Å². The molecule has 5 rings (SSSR count). The highest BCUT2D eigenvalue weighted by Gasteiger charge is 2.17. The van der Waals surface area contributed by atoms with E-state index in [2.05, 4.69) is 28.5 Å². The molecule has 2 N–H and O–H groups in total. The van der Waals surface area contributed by atoms with Gasteiger partial charge in [-0.1, -0.05) is 36.4 Å². The number of benzene rings is 2. The summed E-state index contributed by atoms with van der Waals surface area (Å²) in [7, 11) is 0. The predicted octanol–water partition coefficient (Wildman–Crippen LogP) is 4.01. The Morgan fingerprint density at radius 1 is 0.889 bits per heavy atom. The third-order valence-corrected chi connectivity index (χ3v) is 4.95. The monoisotopic (exact) mass is 354 g/mol. The summed E-state index contributed by atoms with van der Waals surface area (Å²) in [5, 5.41) is 3.44. The number of hydrogen-bond acceptors (Lipinski definition) is 4. The van der Waals surface area contributed by atoms with Gasteiger partial charge in [-0.15, -0.1) is 0 Å². The van der Waals surface area contributed by atoms with E-state index in [0.717, 1.165) is 41.9 Å². The first-order chi connectivity index (χ1) is 13.3. The Morgan fingerprint density at radius 2 is 1.74 bits per heavy atom. The fourth-order valence-corrected chi connectivity index (χ4v) is 3.60. The minimum absolute atomic E-state index is 0.128. The number of rotatable bonds is 2. The molecule has 4 aromatic rings. The van der Waals surface area contributed by atoms with Crippen molar-refractivity contribution in [1.29, 1.82) is 0 Å². The van der Waals surface area contributed by atoms with Gasteiger partial charge in [0.05, 0.1) is 11.4 Å². The van der Waals surface area contributed by atoms with Gasteiger partial charge in [-0.3, -0.25) is 4.79 Å². The molecule has 5 nitrogen and oxygen atoms in total. The lowest BCUT2D eigenvalue weighted by Gasteiger charge is -2.19. The molecule has 132 valence electrons. The van der Waals surface area contributed by atoms with Crippen molar-refractivity contribution in [3.05, 3.63) is 76.6 Å². The molecular formula is C22H18N4O. The number of nitrogens with zero attached hydrogens (tertiary/aromatic N) is 2. The summed E-state index contributed by atoms with van der Waals surface area (Å²) < 4.78 is 0. The minimum atomic E-state index is -0.128. The van der Waals surface area contributed by atoms with Crippen LogP contribution >= 0.6 is 0 Å². The van der Waals surface area contributed by atoms with E-state index in [-0.39, 0.29) is 5.43 Å². The van der Waals surface area contributed by atoms with Gasteiger partial charge < -0.3 is 10.3 Å². The van der Waals surface area contributed by atoms with Crippen LogP contribution in [0.3, 0.4) is 0 Å². The highest BCUT2D eigenvalue weighted by atomic mass is 16.1. The summed E-state index contributed by atoms with van der Waals surface area (Å²) in [6.07, 6.45) is 3.77. The molecule has 0 radical (unpaired) electrons. The van der Waals surface area contributed by atoms with Crippen LogP contribution in [-0.2, 0) is 6.42 Å². The van der Waals surface area contributed by atoms with Crippen LogP contribution in [0.1, 0.15) is 12.0 Å². The number of pyridine rings is 1. The van der Waals surface area contributed by atoms with Crippen LogP contribution in [0.2, 0.25) is 0 Å². The largest absolute Gasteiger partial charge is 0.385 e. The van der Waals surface area contributed by atoms with Crippen molar-refractivity contribution < 1.29 is 0 Å². The van der Waals surface area contributed by atoms with E-state index in [1.165, 1.54) is 17.3 Å². The summed E-state index contributed by atoms with van der Waals surface area (Å²) >= 11 is 0. The second kappa shape index (κ2) is 6.36. The zero-order valence-electron chi connectivity index (χ0n) is 14.7. The standard InChI is InChI=1S/C22H18N4O/c27-18-10-12-24-22-21(18)25-20(19(26-22)14-5-2-1-3-6-14)16-8-9-17-15(13-16)7-4-11-23-17/h1-3,5-6,8-10,12-13,23H,4,7,11H2,(H,24,26,27). The molecule has 3 heterocycles. The Labute approximate surface area is 156 Å². The summed E-state index contributed by atoms with van der Waals surface area (Å²) in [5.74, 6) is 0. The molecule has 5 heteroatoms. The van der Waals surface area contributed by atoms with E-state index in [4.69, 9.17) is 9.97 Å². The third kappa shape index (κ3) is 2.77. The number of aryl methyl sites for hydroxylation is 1. The highest BCUT2D eigenvalue weighted by Crippen LogP contribution is 2.33. The van der Waals surface area contributed by atoms with Gasteiger partial charge in [-0.2, -0.15) is 0 Å². The van der Waals surface area contributed by atoms with E-state index >= 15 is 0 Å². The number of aromatic amines is 1. The lowest BCUT2D eigenvalue weighted by atomic mass is 9.97. The molecule has 1 aliphatic heterocycles. The van der Waals surface area contributed by atoms with E-state index in [0.29, 0.717) is 11.2 Å². The quantitative estimate of drug-likeness (QED) is 0.571. The first kappa shape index (κ1) is 15.8. The van der Waals surface area contributed by atoms with Crippen LogP contribution in [0.15, 0.2) is 65.6 Å². The van der Waals surface area contributed by atoms with Gasteiger partial charge in [0.1, 0.15) is 0 Å². The van der Waals surface area contributed by atoms with Crippen LogP contribution in [0.25, 0.3) is 33.7 Å². The maximum Gasteiger partial charge on any atom is 0.209 e. The number of aromatic nitrogens is 3. The molecule has 1 aliphatic rings. The molecule has 0 amide bonds. The molecular weight excluding hydrogens is 336 g/mol. The zero-order chi connectivity index (χ0) is 18.2. The first-order valence-corrected chi connectivity index (χ1v) is 9.12. The Kier molecular flexibility index (Phi) is 3.71. The fourth-order valence-electron chi connectivity index (χ4n) is 3.60. The van der Waals surface area contributed by atoms with Gasteiger partial charge in [-0.25, -0.2) is 9.97 Å². The van der Waals surface area contributed by atoms with Gasteiger partial charge in [-0.05, 0) is 30.5 Å². The predicted molar refractivity (Wildman–Crippen MR) is 108 cm³/mol. The van der Waals surface area contributed by atoms with Crippen LogP contribution in [0.4, 0.5) is 5.69 Å². The SMILES string of the molecule is O=c1cc[nH]c2nc(-c3ccccc3)c(-c3ccc4c(c3)CCCN4)nc12. The van der Waals surface area contributed by atoms with E-state index < -0.39 is 0 Å². The zero-order valence-corrected chi connectivity index (χ0v) is 14.7. The lowest BCUT2D eigenvalue weighted by molar-refractivity contribution is 0.830. The third-order valence-electron chi connectivity index (χ3n) is 4.95. The van der Waals surface area contributed by atoms with Crippen molar-refractivity contribution in [3.8, 4) is 22.5 Å². The summed E-state index contributed by atoms with van der Waals surface area (Å²) in [5.41, 5.74) is 6.66. The molecule has 0 aliphatic carbocycles. The van der Waals surface area contributed by atoms with Crippen molar-refractivity contribution in [2.24, 2.45) is 0 Å². The lowest BCUT2D eigenvalue weighted by Crippen LogP contribution is -2.11. The maximum atomic E-state index is 12.3. The van der Waals surface area contributed by atoms with Gasteiger partial charge >= 0.3 is 0 Å². The number of hydrogen-bond donors (Lipinski definition) is 2. The van der Waals surface area contributed by atoms with Crippen LogP contribution in [-0.4, -0.2) is 21.5 Å². The smallest absolute Gasteiger partial charge is 0.209 e. The van der Waals surface area contributed by atoms with Gasteiger partial charge in [0.2, 0.25) is 5.43 Å². The van der Waals surface area contributed by atoms with Gasteiger partial charge in [0, 0.05) is 35.6 Å². The Hall–Kier alpha value is -3.47. The number of nitrogens with one attached hydrogen (secondary N) is 2. The number of anilines is 1. The van der Waals surface area contributed by atoms with Crippen molar-refractivity contribution >= 4 is 16.9 Å². The van der Waals surface area contributed by atoms with Gasteiger partial charge in [0.25, 0.3) is 0 Å². The van der Waals surface area contributed by atoms with Crippen LogP contribution in [0.5, 0.6) is 0 Å². The van der Waals surface area contributed by atoms with Crippen molar-refractivity contribution in [1.82, 2.24) is 15.0 Å². The van der Waals surface area contributed by atoms with Crippen LogP contribution in [0, 0.1) is 0 Å². The normalized spacial score (nSPS) is 13.2. The van der Waals surface area contributed by atoms with E-state index in [9.17, 15) is 4.79 Å². The van der Waals surface area contributed by atoms with Gasteiger partial charge in [0.15, 0.2) is 11.2 Å². The minimum Gasteiger partial charge on any atom is -0.385 e. The second-order valence-electron chi connectivity index (χ2n) is 6.73. The second-order valence-corrected chi connectivity index (χ2v) is 6.73. The average molecular weight is 354 g/mol. The molecule has 0 saturated heterocycles. The molecule has 2 aromatic heterocycles. The first-order valence-electron chi connectivity index (χ1n) is 9.12. The fraction of sp³-hybridized carbons (Fsp3) is 0.136. The molecule has 2 aromatic carbocycles. The molecule has 0 bridgehead atoms. The number of fused-ring (bicyclic) bond motifs is 2. The highest BCUT2D eigenvalue weighted by molar-refractivity contribution is 5.85. The molecule has 0 saturated carbocycles. The van der Waals surface area contributed by atoms with Crippen LogP contribution < -0.4 is 10.7 Å². The maximum absolute atomic E-state index is 12.3. The summed E-state index contributed by atoms with van der Waals surface area (Å²) in [6.45, 7) is 1.01. The number of H-pyrrole nitrogens is 1. The van der Waals surface area contributed by atoms with Crippen molar-refractivity contribution in [2.75, 3.05) is 11.9 Å². The van der Waals surface area contributed by atoms with Crippen molar-refractivity contribution in [2.45, 2.75) is 12.8 Å². The molecule has 27 heavy (non-hydrogen) atoms. The Morgan fingerprint density at radius 3 is 2.63 bits per heavy atom. The molecule has 0 fully saturated rings. The molecule has 0 unspecified atom stereocenters. The van der Waals surface area contributed by atoms with E-state index in [1.54, 1.807) is 6.20 Å². The Bertz CT molecular complexity index is 1200. The van der Waals surface area contributed by atoms with Crippen molar-refractivity contribution in [3.63, 3.8) is 0 Å². The van der Waals surface area contributed by atoms with E-state index in [1.807, 2.05) is 30.3 Å². The molecule has 0 atom stereocenters. The summed E-state index contributed by atoms with van der Waals surface area (Å²) in [6, 6.07) is 17.8. The summed E-state index contributed by atoms with van der Waals surface area (Å²) in [4.78, 5) is 24.9. The average Bonchev–Trinajstić information content (AvgIpc) is 2.73. The Balaban J connectivity index is 1.79.